The van der Waals surface area contributed by atoms with Crippen molar-refractivity contribution in [2.75, 3.05) is 0 Å². The quantitative estimate of drug-likeness (QED) is 0.508. The van der Waals surface area contributed by atoms with Crippen molar-refractivity contribution in [2.45, 2.75) is 20.3 Å². The second-order valence-electron chi connectivity index (χ2n) is 4.36. The van der Waals surface area contributed by atoms with Gasteiger partial charge in [0.25, 0.3) is 0 Å². The number of hydrogen-bond donors (Lipinski definition) is 1. The maximum atomic E-state index is 11.2. The molecule has 1 aromatic heterocycles. The van der Waals surface area contributed by atoms with E-state index in [1.54, 1.807) is 6.07 Å². The zero-order valence-electron chi connectivity index (χ0n) is 10.2. The Bertz CT molecular complexity index is 679. The molecular formula is C14H13IO3. The van der Waals surface area contributed by atoms with E-state index in [4.69, 9.17) is 4.42 Å². The van der Waals surface area contributed by atoms with Crippen molar-refractivity contribution in [3.63, 3.8) is 0 Å². The molecule has 1 N–H and O–H groups in total. The molecule has 18 heavy (non-hydrogen) atoms. The molecule has 0 fully saturated rings. The van der Waals surface area contributed by atoms with Crippen LogP contribution in [0.3, 0.4) is 0 Å². The van der Waals surface area contributed by atoms with Crippen LogP contribution in [0.2, 0.25) is 0 Å². The molecular weight excluding hydrogens is 343 g/mol. The molecule has 0 radical (unpaired) electrons. The predicted octanol–water partition coefficient (Wildman–Crippen LogP) is 3.61. The van der Waals surface area contributed by atoms with Gasteiger partial charge >= 0.3 is 5.63 Å². The molecule has 3 nitrogen and oxygen atoms in total. The molecule has 2 aromatic rings. The Labute approximate surface area is 118 Å². The molecule has 1 heterocycles. The fraction of sp³-hybridized carbons (Fsp3) is 0.214. The van der Waals surface area contributed by atoms with Crippen LogP contribution in [0.4, 0.5) is 0 Å². The highest BCUT2D eigenvalue weighted by molar-refractivity contribution is 14.1. The summed E-state index contributed by atoms with van der Waals surface area (Å²) >= 11 is 2.00. The fourth-order valence-corrected chi connectivity index (χ4v) is 2.45. The van der Waals surface area contributed by atoms with Gasteiger partial charge in [-0.05, 0) is 60.6 Å². The van der Waals surface area contributed by atoms with E-state index in [1.165, 1.54) is 11.6 Å². The van der Waals surface area contributed by atoms with Crippen molar-refractivity contribution in [1.29, 1.82) is 0 Å². The normalized spacial score (nSPS) is 10.6. The van der Waals surface area contributed by atoms with E-state index in [2.05, 4.69) is 6.08 Å². The first kappa shape index (κ1) is 13.1. The first-order chi connectivity index (χ1) is 8.49. The SMILES string of the molecule is CC(C)=CCc1cc2ccc(=O)oc2c(I)c1O. The monoisotopic (exact) mass is 356 g/mol. The van der Waals surface area contributed by atoms with Crippen molar-refractivity contribution in [2.24, 2.45) is 0 Å². The third-order valence-corrected chi connectivity index (χ3v) is 3.64. The van der Waals surface area contributed by atoms with Gasteiger partial charge in [-0.2, -0.15) is 0 Å². The zero-order valence-corrected chi connectivity index (χ0v) is 12.3. The van der Waals surface area contributed by atoms with Gasteiger partial charge in [-0.15, -0.1) is 0 Å². The molecule has 0 spiro atoms. The lowest BCUT2D eigenvalue weighted by Crippen LogP contribution is -1.97. The van der Waals surface area contributed by atoms with Gasteiger partial charge in [0.1, 0.15) is 5.75 Å². The molecule has 4 heteroatoms. The first-order valence-corrected chi connectivity index (χ1v) is 6.64. The maximum absolute atomic E-state index is 11.2. The van der Waals surface area contributed by atoms with Crippen molar-refractivity contribution in [3.8, 4) is 5.75 Å². The number of allylic oxidation sites excluding steroid dienone is 2. The molecule has 0 aliphatic heterocycles. The number of rotatable bonds is 2. The molecule has 0 aliphatic carbocycles. The molecule has 0 aliphatic rings. The number of aromatic hydroxyl groups is 1. The number of fused-ring (bicyclic) bond motifs is 1. The maximum Gasteiger partial charge on any atom is 0.336 e. The average Bonchev–Trinajstić information content (AvgIpc) is 2.32. The van der Waals surface area contributed by atoms with Gasteiger partial charge in [-0.25, -0.2) is 4.79 Å². The zero-order chi connectivity index (χ0) is 13.3. The Balaban J connectivity index is 2.64. The highest BCUT2D eigenvalue weighted by Crippen LogP contribution is 2.32. The van der Waals surface area contributed by atoms with Gasteiger partial charge in [-0.3, -0.25) is 0 Å². The second kappa shape index (κ2) is 5.14. The number of halogens is 1. The van der Waals surface area contributed by atoms with Crippen LogP contribution in [0.1, 0.15) is 19.4 Å². The van der Waals surface area contributed by atoms with E-state index >= 15 is 0 Å². The number of benzene rings is 1. The number of phenols is 1. The number of hydrogen-bond acceptors (Lipinski definition) is 3. The molecule has 1 aromatic carbocycles. The van der Waals surface area contributed by atoms with Gasteiger partial charge in [0.2, 0.25) is 0 Å². The Kier molecular flexibility index (Phi) is 3.75. The summed E-state index contributed by atoms with van der Waals surface area (Å²) in [5.41, 5.74) is 2.07. The highest BCUT2D eigenvalue weighted by atomic mass is 127. The lowest BCUT2D eigenvalue weighted by molar-refractivity contribution is 0.463. The molecule has 94 valence electrons. The summed E-state index contributed by atoms with van der Waals surface area (Å²) in [5, 5.41) is 10.9. The summed E-state index contributed by atoms with van der Waals surface area (Å²) < 4.78 is 5.70. The molecule has 0 atom stereocenters. The van der Waals surface area contributed by atoms with Crippen LogP contribution in [-0.2, 0) is 6.42 Å². The molecule has 0 bridgehead atoms. The van der Waals surface area contributed by atoms with Crippen LogP contribution < -0.4 is 5.63 Å². The summed E-state index contributed by atoms with van der Waals surface area (Å²) in [6.45, 7) is 4.03. The van der Waals surface area contributed by atoms with E-state index in [0.29, 0.717) is 15.6 Å². The smallest absolute Gasteiger partial charge is 0.336 e. The van der Waals surface area contributed by atoms with Gasteiger partial charge in [0, 0.05) is 11.5 Å². The van der Waals surface area contributed by atoms with E-state index < -0.39 is 5.63 Å². The van der Waals surface area contributed by atoms with Gasteiger partial charge in [-0.1, -0.05) is 11.6 Å². The minimum Gasteiger partial charge on any atom is -0.506 e. The summed E-state index contributed by atoms with van der Waals surface area (Å²) in [5.74, 6) is 0.190. The Hall–Kier alpha value is -1.30. The van der Waals surface area contributed by atoms with Crippen LogP contribution in [0.15, 0.2) is 39.1 Å². The summed E-state index contributed by atoms with van der Waals surface area (Å²) in [4.78, 5) is 11.2. The average molecular weight is 356 g/mol. The topological polar surface area (TPSA) is 50.4 Å². The Morgan fingerprint density at radius 1 is 1.44 bits per heavy atom. The fourth-order valence-electron chi connectivity index (χ4n) is 1.69. The lowest BCUT2D eigenvalue weighted by atomic mass is 10.1. The van der Waals surface area contributed by atoms with Crippen LogP contribution in [0, 0.1) is 3.57 Å². The number of phenolic OH excluding ortho intramolecular Hbond substituents is 1. The standard InChI is InChI=1S/C14H13IO3/c1-8(2)3-4-9-7-10-5-6-11(16)18-14(10)12(15)13(9)17/h3,5-7,17H,4H2,1-2H3. The van der Waals surface area contributed by atoms with Gasteiger partial charge in [0.05, 0.1) is 3.57 Å². The molecule has 0 saturated heterocycles. The minimum absolute atomic E-state index is 0.190. The van der Waals surface area contributed by atoms with Crippen LogP contribution in [0.25, 0.3) is 11.0 Å². The van der Waals surface area contributed by atoms with Gasteiger partial charge in [0.15, 0.2) is 5.58 Å². The molecule has 2 rings (SSSR count). The Morgan fingerprint density at radius 3 is 2.83 bits per heavy atom. The lowest BCUT2D eigenvalue weighted by Gasteiger charge is -2.07. The van der Waals surface area contributed by atoms with E-state index in [9.17, 15) is 9.90 Å². The molecule has 0 unspecified atom stereocenters. The largest absolute Gasteiger partial charge is 0.506 e. The first-order valence-electron chi connectivity index (χ1n) is 5.56. The van der Waals surface area contributed by atoms with E-state index in [-0.39, 0.29) is 5.75 Å². The van der Waals surface area contributed by atoms with Crippen LogP contribution >= 0.6 is 22.6 Å². The molecule has 0 saturated carbocycles. The van der Waals surface area contributed by atoms with Crippen molar-refractivity contribution in [3.05, 3.63) is 49.4 Å². The summed E-state index contributed by atoms with van der Waals surface area (Å²) in [6, 6.07) is 4.96. The highest BCUT2D eigenvalue weighted by Gasteiger charge is 2.12. The van der Waals surface area contributed by atoms with E-state index in [1.807, 2.05) is 42.5 Å². The summed E-state index contributed by atoms with van der Waals surface area (Å²) in [6.07, 6.45) is 2.72. The van der Waals surface area contributed by atoms with Crippen molar-refractivity contribution < 1.29 is 9.52 Å². The van der Waals surface area contributed by atoms with Gasteiger partial charge < -0.3 is 9.52 Å². The third kappa shape index (κ3) is 2.58. The minimum atomic E-state index is -0.406. The van der Waals surface area contributed by atoms with E-state index in [0.717, 1.165) is 10.9 Å². The second-order valence-corrected chi connectivity index (χ2v) is 5.44. The summed E-state index contributed by atoms with van der Waals surface area (Å²) in [7, 11) is 0. The Morgan fingerprint density at radius 2 is 2.17 bits per heavy atom. The third-order valence-electron chi connectivity index (χ3n) is 2.64. The predicted molar refractivity (Wildman–Crippen MR) is 80.0 cm³/mol. The van der Waals surface area contributed by atoms with Crippen LogP contribution in [-0.4, -0.2) is 5.11 Å². The van der Waals surface area contributed by atoms with Crippen LogP contribution in [0.5, 0.6) is 5.75 Å². The molecule has 0 amide bonds. The van der Waals surface area contributed by atoms with Crippen molar-refractivity contribution >= 4 is 33.6 Å². The van der Waals surface area contributed by atoms with Crippen molar-refractivity contribution in [1.82, 2.24) is 0 Å².